The highest BCUT2D eigenvalue weighted by atomic mass is 19.1. The molecule has 118 valence electrons. The Morgan fingerprint density at radius 2 is 2.09 bits per heavy atom. The van der Waals surface area contributed by atoms with Gasteiger partial charge < -0.3 is 14.2 Å². The zero-order valence-corrected chi connectivity index (χ0v) is 12.3. The number of aliphatic hydroxyl groups excluding tert-OH is 1. The quantitative estimate of drug-likeness (QED) is 0.782. The summed E-state index contributed by atoms with van der Waals surface area (Å²) in [6, 6.07) is 5.70. The molecule has 0 amide bonds. The largest absolute Gasteiger partial charge is 0.380 e. The number of aromatic nitrogens is 4. The number of benzene rings is 1. The Labute approximate surface area is 131 Å². The molecule has 2 aromatic heterocycles. The van der Waals surface area contributed by atoms with E-state index in [0.29, 0.717) is 29.7 Å². The Hall–Kier alpha value is -2.54. The molecule has 0 aliphatic heterocycles. The van der Waals surface area contributed by atoms with Gasteiger partial charge in [-0.3, -0.25) is 0 Å². The molecule has 1 saturated carbocycles. The molecule has 0 bridgehead atoms. The summed E-state index contributed by atoms with van der Waals surface area (Å²) < 4.78 is 20.0. The first kappa shape index (κ1) is 14.1. The maximum atomic E-state index is 13.0. The van der Waals surface area contributed by atoms with Crippen molar-refractivity contribution in [1.29, 1.82) is 0 Å². The van der Waals surface area contributed by atoms with Crippen molar-refractivity contribution in [3.8, 4) is 0 Å². The number of hydrogen-bond donors (Lipinski definition) is 1. The molecule has 0 spiro atoms. The molecular weight excluding hydrogens is 299 g/mol. The standard InChI is InChI=1S/C16H15FN4O2/c17-12-5-3-10(4-6-12)14(22)16-18-7-8-21(16)9-13-19-15(20-23-13)11-1-2-11/h3-8,11,14,22H,1-2,9H2/t14-/m1/s1. The molecule has 1 aliphatic rings. The van der Waals surface area contributed by atoms with Crippen molar-refractivity contribution in [2.75, 3.05) is 0 Å². The van der Waals surface area contributed by atoms with Gasteiger partial charge in [0.05, 0.1) is 0 Å². The molecule has 3 aromatic rings. The molecule has 4 rings (SSSR count). The Morgan fingerprint density at radius 3 is 2.83 bits per heavy atom. The summed E-state index contributed by atoms with van der Waals surface area (Å²) in [5.41, 5.74) is 0.572. The topological polar surface area (TPSA) is 77.0 Å². The monoisotopic (exact) mass is 314 g/mol. The minimum Gasteiger partial charge on any atom is -0.380 e. The maximum Gasteiger partial charge on any atom is 0.246 e. The molecule has 0 unspecified atom stereocenters. The number of hydrogen-bond acceptors (Lipinski definition) is 5. The van der Waals surface area contributed by atoms with E-state index in [-0.39, 0.29) is 5.82 Å². The van der Waals surface area contributed by atoms with Gasteiger partial charge in [-0.25, -0.2) is 9.37 Å². The average Bonchev–Trinajstić information content (AvgIpc) is 3.13. The third-order valence-corrected chi connectivity index (χ3v) is 3.91. The first-order valence-electron chi connectivity index (χ1n) is 7.48. The number of aliphatic hydroxyl groups is 1. The van der Waals surface area contributed by atoms with Gasteiger partial charge in [0.1, 0.15) is 24.3 Å². The minimum absolute atomic E-state index is 0.341. The summed E-state index contributed by atoms with van der Waals surface area (Å²) in [7, 11) is 0. The van der Waals surface area contributed by atoms with Crippen molar-refractivity contribution in [2.45, 2.75) is 31.4 Å². The van der Waals surface area contributed by atoms with Gasteiger partial charge in [-0.1, -0.05) is 17.3 Å². The molecular formula is C16H15FN4O2. The third-order valence-electron chi connectivity index (χ3n) is 3.91. The van der Waals surface area contributed by atoms with Crippen molar-refractivity contribution in [1.82, 2.24) is 19.7 Å². The smallest absolute Gasteiger partial charge is 0.246 e. The number of halogens is 1. The molecule has 1 fully saturated rings. The Bertz CT molecular complexity index is 808. The zero-order valence-electron chi connectivity index (χ0n) is 12.3. The predicted octanol–water partition coefficient (Wildman–Crippen LogP) is 2.41. The number of nitrogens with zero attached hydrogens (tertiary/aromatic N) is 4. The summed E-state index contributed by atoms with van der Waals surface area (Å²) in [6.07, 6.45) is 4.61. The van der Waals surface area contributed by atoms with Gasteiger partial charge in [-0.05, 0) is 30.5 Å². The minimum atomic E-state index is -0.948. The van der Waals surface area contributed by atoms with Crippen molar-refractivity contribution in [2.24, 2.45) is 0 Å². The molecule has 1 aromatic carbocycles. The van der Waals surface area contributed by atoms with E-state index >= 15 is 0 Å². The Balaban J connectivity index is 1.55. The average molecular weight is 314 g/mol. The summed E-state index contributed by atoms with van der Waals surface area (Å²) in [5.74, 6) is 1.77. The van der Waals surface area contributed by atoms with Crippen LogP contribution in [-0.2, 0) is 6.54 Å². The van der Waals surface area contributed by atoms with Crippen molar-refractivity contribution < 1.29 is 14.0 Å². The van der Waals surface area contributed by atoms with E-state index in [1.54, 1.807) is 17.0 Å². The molecule has 2 heterocycles. The molecule has 0 saturated heterocycles. The van der Waals surface area contributed by atoms with Crippen LogP contribution in [0.3, 0.4) is 0 Å². The van der Waals surface area contributed by atoms with Crippen LogP contribution in [0.4, 0.5) is 4.39 Å². The van der Waals surface area contributed by atoms with Crippen molar-refractivity contribution in [3.63, 3.8) is 0 Å². The third kappa shape index (κ3) is 2.87. The van der Waals surface area contributed by atoms with E-state index in [4.69, 9.17) is 4.52 Å². The van der Waals surface area contributed by atoms with E-state index < -0.39 is 6.10 Å². The van der Waals surface area contributed by atoms with E-state index in [0.717, 1.165) is 18.7 Å². The lowest BCUT2D eigenvalue weighted by molar-refractivity contribution is 0.204. The Morgan fingerprint density at radius 1 is 1.30 bits per heavy atom. The molecule has 1 N–H and O–H groups in total. The van der Waals surface area contributed by atoms with Crippen LogP contribution in [0.25, 0.3) is 0 Å². The van der Waals surface area contributed by atoms with Gasteiger partial charge in [-0.2, -0.15) is 4.98 Å². The molecule has 6 nitrogen and oxygen atoms in total. The highest BCUT2D eigenvalue weighted by Crippen LogP contribution is 2.38. The second-order valence-corrected chi connectivity index (χ2v) is 5.69. The van der Waals surface area contributed by atoms with Crippen LogP contribution < -0.4 is 0 Å². The van der Waals surface area contributed by atoms with Crippen LogP contribution in [0, 0.1) is 5.82 Å². The van der Waals surface area contributed by atoms with Crippen molar-refractivity contribution in [3.05, 3.63) is 65.6 Å². The van der Waals surface area contributed by atoms with Gasteiger partial charge in [0.25, 0.3) is 0 Å². The van der Waals surface area contributed by atoms with Gasteiger partial charge in [-0.15, -0.1) is 0 Å². The fourth-order valence-electron chi connectivity index (χ4n) is 2.48. The second kappa shape index (κ2) is 5.58. The predicted molar refractivity (Wildman–Crippen MR) is 78.1 cm³/mol. The molecule has 7 heteroatoms. The van der Waals surface area contributed by atoms with Crippen LogP contribution >= 0.6 is 0 Å². The lowest BCUT2D eigenvalue weighted by atomic mass is 10.1. The van der Waals surface area contributed by atoms with E-state index in [2.05, 4.69) is 15.1 Å². The highest BCUT2D eigenvalue weighted by Gasteiger charge is 2.29. The fourth-order valence-corrected chi connectivity index (χ4v) is 2.48. The normalized spacial score (nSPS) is 15.7. The lowest BCUT2D eigenvalue weighted by Crippen LogP contribution is -2.11. The van der Waals surface area contributed by atoms with E-state index in [9.17, 15) is 9.50 Å². The molecule has 0 radical (unpaired) electrons. The SMILES string of the molecule is O[C@H](c1ccc(F)cc1)c1nccn1Cc1nc(C2CC2)no1. The first-order chi connectivity index (χ1) is 11.2. The van der Waals surface area contributed by atoms with Gasteiger partial charge in [0, 0.05) is 18.3 Å². The van der Waals surface area contributed by atoms with E-state index in [1.165, 1.54) is 24.3 Å². The second-order valence-electron chi connectivity index (χ2n) is 5.69. The van der Waals surface area contributed by atoms with E-state index in [1.807, 2.05) is 0 Å². The van der Waals surface area contributed by atoms with Crippen LogP contribution in [-0.4, -0.2) is 24.8 Å². The van der Waals surface area contributed by atoms with Gasteiger partial charge >= 0.3 is 0 Å². The molecule has 1 atom stereocenters. The fraction of sp³-hybridized carbons (Fsp3) is 0.312. The Kier molecular flexibility index (Phi) is 3.42. The lowest BCUT2D eigenvalue weighted by Gasteiger charge is -2.12. The zero-order chi connectivity index (χ0) is 15.8. The van der Waals surface area contributed by atoms with Crippen LogP contribution in [0.1, 0.15) is 48.0 Å². The summed E-state index contributed by atoms with van der Waals surface area (Å²) in [4.78, 5) is 8.57. The summed E-state index contributed by atoms with van der Waals surface area (Å²) in [5, 5.41) is 14.4. The molecule has 1 aliphatic carbocycles. The summed E-state index contributed by atoms with van der Waals surface area (Å²) in [6.45, 7) is 0.341. The number of imidazole rings is 1. The van der Waals surface area contributed by atoms with Crippen LogP contribution in [0.5, 0.6) is 0 Å². The first-order valence-corrected chi connectivity index (χ1v) is 7.48. The van der Waals surface area contributed by atoms with Crippen molar-refractivity contribution >= 4 is 0 Å². The maximum absolute atomic E-state index is 13.0. The van der Waals surface area contributed by atoms with Crippen LogP contribution in [0.2, 0.25) is 0 Å². The molecule has 23 heavy (non-hydrogen) atoms. The number of rotatable bonds is 5. The highest BCUT2D eigenvalue weighted by molar-refractivity contribution is 5.24. The van der Waals surface area contributed by atoms with Gasteiger partial charge in [0.15, 0.2) is 5.82 Å². The van der Waals surface area contributed by atoms with Gasteiger partial charge in [0.2, 0.25) is 5.89 Å². The van der Waals surface area contributed by atoms with Crippen LogP contribution in [0.15, 0.2) is 41.2 Å². The summed E-state index contributed by atoms with van der Waals surface area (Å²) >= 11 is 0.